The third-order valence-corrected chi connectivity index (χ3v) is 5.35. The van der Waals surface area contributed by atoms with Gasteiger partial charge in [0.2, 0.25) is 11.8 Å². The predicted octanol–water partition coefficient (Wildman–Crippen LogP) is 3.18. The lowest BCUT2D eigenvalue weighted by Gasteiger charge is -2.14. The molecule has 0 radical (unpaired) electrons. The Hall–Kier alpha value is -2.74. The summed E-state index contributed by atoms with van der Waals surface area (Å²) in [6, 6.07) is 12.0. The van der Waals surface area contributed by atoms with E-state index in [9.17, 15) is 14.0 Å². The molecular formula is C20H18BrFN4O2. The first-order valence-electron chi connectivity index (χ1n) is 8.97. The molecule has 0 unspecified atom stereocenters. The molecule has 0 aliphatic carbocycles. The molecule has 2 aromatic carbocycles. The standard InChI is InChI=1S/C20H18BrFN4O2/c21-14-4-5-16-17(10-14)24-25-19(16)26-11-13(9-18(26)27)20(28)23-7-6-12-2-1-3-15(22)8-12/h1-5,8,10,13H,6-7,9,11H2,(H,23,28)(H,24,25)/t13-/m0/s1. The molecule has 2 heterocycles. The normalized spacial score (nSPS) is 16.7. The number of fused-ring (bicyclic) bond motifs is 1. The summed E-state index contributed by atoms with van der Waals surface area (Å²) in [5, 5.41) is 10.9. The van der Waals surface area contributed by atoms with Crippen molar-refractivity contribution < 1.29 is 14.0 Å². The van der Waals surface area contributed by atoms with E-state index >= 15 is 0 Å². The van der Waals surface area contributed by atoms with Crippen molar-refractivity contribution in [3.8, 4) is 0 Å². The van der Waals surface area contributed by atoms with Gasteiger partial charge < -0.3 is 5.32 Å². The first-order valence-corrected chi connectivity index (χ1v) is 9.77. The van der Waals surface area contributed by atoms with E-state index in [1.165, 1.54) is 12.1 Å². The molecule has 2 amide bonds. The number of anilines is 1. The number of benzene rings is 2. The number of rotatable bonds is 5. The first-order chi connectivity index (χ1) is 13.5. The van der Waals surface area contributed by atoms with Gasteiger partial charge in [-0.05, 0) is 42.3 Å². The Morgan fingerprint density at radius 1 is 1.32 bits per heavy atom. The molecule has 1 aromatic heterocycles. The summed E-state index contributed by atoms with van der Waals surface area (Å²) in [7, 11) is 0. The summed E-state index contributed by atoms with van der Waals surface area (Å²) in [6.07, 6.45) is 0.684. The summed E-state index contributed by atoms with van der Waals surface area (Å²) >= 11 is 3.41. The van der Waals surface area contributed by atoms with Crippen molar-refractivity contribution in [2.75, 3.05) is 18.0 Å². The lowest BCUT2D eigenvalue weighted by molar-refractivity contribution is -0.126. The molecule has 144 valence electrons. The molecule has 0 spiro atoms. The van der Waals surface area contributed by atoms with Crippen LogP contribution < -0.4 is 10.2 Å². The number of hydrogen-bond acceptors (Lipinski definition) is 3. The number of nitrogens with zero attached hydrogens (tertiary/aromatic N) is 2. The van der Waals surface area contributed by atoms with Gasteiger partial charge in [-0.2, -0.15) is 5.10 Å². The fraction of sp³-hybridized carbons (Fsp3) is 0.250. The van der Waals surface area contributed by atoms with E-state index in [0.29, 0.717) is 25.3 Å². The number of aromatic nitrogens is 2. The zero-order valence-corrected chi connectivity index (χ0v) is 16.5. The van der Waals surface area contributed by atoms with E-state index in [1.807, 2.05) is 24.3 Å². The Kier molecular flexibility index (Phi) is 5.13. The van der Waals surface area contributed by atoms with Gasteiger partial charge in [-0.1, -0.05) is 28.1 Å². The van der Waals surface area contributed by atoms with Crippen molar-refractivity contribution in [3.63, 3.8) is 0 Å². The topological polar surface area (TPSA) is 78.1 Å². The van der Waals surface area contributed by atoms with Crippen molar-refractivity contribution in [2.45, 2.75) is 12.8 Å². The number of aromatic amines is 1. The highest BCUT2D eigenvalue weighted by Crippen LogP contribution is 2.31. The van der Waals surface area contributed by atoms with Crippen LogP contribution in [0.4, 0.5) is 10.2 Å². The fourth-order valence-corrected chi connectivity index (χ4v) is 3.80. The van der Waals surface area contributed by atoms with Crippen molar-refractivity contribution in [1.82, 2.24) is 15.5 Å². The molecule has 1 aliphatic rings. The molecule has 2 N–H and O–H groups in total. The number of H-pyrrole nitrogens is 1. The van der Waals surface area contributed by atoms with Crippen molar-refractivity contribution in [3.05, 3.63) is 58.3 Å². The smallest absolute Gasteiger partial charge is 0.229 e. The number of hydrogen-bond donors (Lipinski definition) is 2. The molecule has 1 saturated heterocycles. The number of halogens is 2. The minimum atomic E-state index is -0.429. The Morgan fingerprint density at radius 3 is 3.00 bits per heavy atom. The van der Waals surface area contributed by atoms with Crippen LogP contribution in [0.25, 0.3) is 10.9 Å². The SMILES string of the molecule is O=C(NCCc1cccc(F)c1)[C@H]1CC(=O)N(c2n[nH]c3cc(Br)ccc23)C1. The Morgan fingerprint density at radius 2 is 2.18 bits per heavy atom. The maximum absolute atomic E-state index is 13.2. The van der Waals surface area contributed by atoms with Gasteiger partial charge in [0.1, 0.15) is 5.82 Å². The quantitative estimate of drug-likeness (QED) is 0.634. The summed E-state index contributed by atoms with van der Waals surface area (Å²) in [5.41, 5.74) is 1.64. The average molecular weight is 445 g/mol. The van der Waals surface area contributed by atoms with Crippen LogP contribution in [0, 0.1) is 11.7 Å². The van der Waals surface area contributed by atoms with Gasteiger partial charge in [0.25, 0.3) is 0 Å². The number of amides is 2. The van der Waals surface area contributed by atoms with E-state index in [4.69, 9.17) is 0 Å². The average Bonchev–Trinajstić information content (AvgIpc) is 3.24. The molecule has 3 aromatic rings. The number of nitrogens with one attached hydrogen (secondary N) is 2. The van der Waals surface area contributed by atoms with E-state index in [1.54, 1.807) is 11.0 Å². The molecular weight excluding hydrogens is 427 g/mol. The summed E-state index contributed by atoms with van der Waals surface area (Å²) in [6.45, 7) is 0.687. The summed E-state index contributed by atoms with van der Waals surface area (Å²) in [5.74, 6) is -0.472. The summed E-state index contributed by atoms with van der Waals surface area (Å²) in [4.78, 5) is 26.5. The van der Waals surface area contributed by atoms with Crippen LogP contribution in [0.15, 0.2) is 46.9 Å². The van der Waals surface area contributed by atoms with E-state index in [-0.39, 0.29) is 24.1 Å². The largest absolute Gasteiger partial charge is 0.355 e. The minimum Gasteiger partial charge on any atom is -0.355 e. The lowest BCUT2D eigenvalue weighted by Crippen LogP contribution is -2.34. The molecule has 0 bridgehead atoms. The minimum absolute atomic E-state index is 0.124. The van der Waals surface area contributed by atoms with Gasteiger partial charge in [0.05, 0.1) is 11.4 Å². The second-order valence-electron chi connectivity index (χ2n) is 6.81. The van der Waals surface area contributed by atoms with Crippen LogP contribution >= 0.6 is 15.9 Å². The van der Waals surface area contributed by atoms with Crippen LogP contribution in [0.5, 0.6) is 0 Å². The van der Waals surface area contributed by atoms with Gasteiger partial charge >= 0.3 is 0 Å². The number of carbonyl (C=O) groups excluding carboxylic acids is 2. The van der Waals surface area contributed by atoms with Crippen LogP contribution in [0.3, 0.4) is 0 Å². The Bertz CT molecular complexity index is 1050. The molecule has 8 heteroatoms. The highest BCUT2D eigenvalue weighted by atomic mass is 79.9. The van der Waals surface area contributed by atoms with Crippen molar-refractivity contribution >= 4 is 44.5 Å². The fourth-order valence-electron chi connectivity index (χ4n) is 3.44. The maximum Gasteiger partial charge on any atom is 0.229 e. The zero-order valence-electron chi connectivity index (χ0n) is 14.9. The van der Waals surface area contributed by atoms with Gasteiger partial charge in [0.15, 0.2) is 5.82 Å². The van der Waals surface area contributed by atoms with Crippen LogP contribution in [-0.4, -0.2) is 35.1 Å². The summed E-state index contributed by atoms with van der Waals surface area (Å²) < 4.78 is 14.1. The van der Waals surface area contributed by atoms with Crippen LogP contribution in [0.2, 0.25) is 0 Å². The van der Waals surface area contributed by atoms with Gasteiger partial charge in [-0.25, -0.2) is 4.39 Å². The van der Waals surface area contributed by atoms with Crippen LogP contribution in [0.1, 0.15) is 12.0 Å². The van der Waals surface area contributed by atoms with Crippen LogP contribution in [-0.2, 0) is 16.0 Å². The Labute approximate surface area is 169 Å². The highest BCUT2D eigenvalue weighted by molar-refractivity contribution is 9.10. The second kappa shape index (κ2) is 7.71. The van der Waals surface area contributed by atoms with Gasteiger partial charge in [0, 0.05) is 29.4 Å². The van der Waals surface area contributed by atoms with Crippen molar-refractivity contribution in [1.29, 1.82) is 0 Å². The van der Waals surface area contributed by atoms with Gasteiger partial charge in [-0.15, -0.1) is 0 Å². The van der Waals surface area contributed by atoms with E-state index in [2.05, 4.69) is 31.4 Å². The van der Waals surface area contributed by atoms with Crippen molar-refractivity contribution in [2.24, 2.45) is 5.92 Å². The molecule has 1 atom stereocenters. The number of carbonyl (C=O) groups is 2. The predicted molar refractivity (Wildman–Crippen MR) is 107 cm³/mol. The van der Waals surface area contributed by atoms with E-state index < -0.39 is 5.92 Å². The van der Waals surface area contributed by atoms with E-state index in [0.717, 1.165) is 20.9 Å². The third-order valence-electron chi connectivity index (χ3n) is 4.86. The molecule has 6 nitrogen and oxygen atoms in total. The third kappa shape index (κ3) is 3.77. The second-order valence-corrected chi connectivity index (χ2v) is 7.73. The highest BCUT2D eigenvalue weighted by Gasteiger charge is 2.36. The molecule has 1 aliphatic heterocycles. The molecule has 28 heavy (non-hydrogen) atoms. The van der Waals surface area contributed by atoms with Gasteiger partial charge in [-0.3, -0.25) is 19.6 Å². The Balaban J connectivity index is 1.39. The zero-order chi connectivity index (χ0) is 19.7. The monoisotopic (exact) mass is 444 g/mol. The molecule has 1 fully saturated rings. The molecule has 0 saturated carbocycles. The first kappa shape index (κ1) is 18.6. The lowest BCUT2D eigenvalue weighted by atomic mass is 10.1. The molecule has 4 rings (SSSR count). The maximum atomic E-state index is 13.2.